The fraction of sp³-hybridized carbons (Fsp3) is 0.263. The highest BCUT2D eigenvalue weighted by atomic mass is 16.2. The summed E-state index contributed by atoms with van der Waals surface area (Å²) in [6, 6.07) is 13.5. The van der Waals surface area contributed by atoms with Gasteiger partial charge < -0.3 is 9.72 Å². The third-order valence-electron chi connectivity index (χ3n) is 3.99. The first-order chi connectivity index (χ1) is 11.5. The molecule has 0 saturated carbocycles. The second-order valence-corrected chi connectivity index (χ2v) is 6.20. The van der Waals surface area contributed by atoms with Crippen LogP contribution in [0.15, 0.2) is 54.9 Å². The van der Waals surface area contributed by atoms with Crippen molar-refractivity contribution >= 4 is 11.6 Å². The Labute approximate surface area is 141 Å². The van der Waals surface area contributed by atoms with Crippen molar-refractivity contribution in [3.05, 3.63) is 71.7 Å². The van der Waals surface area contributed by atoms with E-state index in [-0.39, 0.29) is 11.9 Å². The number of benzene rings is 1. The number of fused-ring (bicyclic) bond motifs is 1. The Balaban J connectivity index is 1.73. The van der Waals surface area contributed by atoms with Gasteiger partial charge in [0.15, 0.2) is 0 Å². The zero-order valence-corrected chi connectivity index (χ0v) is 14.2. The Morgan fingerprint density at radius 1 is 1.25 bits per heavy atom. The smallest absolute Gasteiger partial charge is 0.242 e. The first-order valence-corrected chi connectivity index (χ1v) is 7.98. The van der Waals surface area contributed by atoms with Crippen LogP contribution >= 0.6 is 0 Å². The Morgan fingerprint density at radius 3 is 2.71 bits per heavy atom. The van der Waals surface area contributed by atoms with Gasteiger partial charge in [-0.1, -0.05) is 30.3 Å². The molecule has 124 valence electrons. The number of carbonyl (C=O) groups is 1. The van der Waals surface area contributed by atoms with Gasteiger partial charge in [0.1, 0.15) is 11.7 Å². The van der Waals surface area contributed by atoms with Crippen molar-refractivity contribution in [3.63, 3.8) is 0 Å². The number of imidazole rings is 1. The van der Waals surface area contributed by atoms with E-state index < -0.39 is 0 Å². The van der Waals surface area contributed by atoms with Gasteiger partial charge in [0.2, 0.25) is 5.91 Å². The topological polar surface area (TPSA) is 49.6 Å². The van der Waals surface area contributed by atoms with Crippen LogP contribution in [0.4, 0.5) is 0 Å². The second kappa shape index (κ2) is 6.84. The van der Waals surface area contributed by atoms with Crippen LogP contribution in [0, 0.1) is 6.92 Å². The number of aryl methyl sites for hydroxylation is 1. The molecule has 0 bridgehead atoms. The van der Waals surface area contributed by atoms with Crippen molar-refractivity contribution in [1.29, 1.82) is 0 Å². The lowest BCUT2D eigenvalue weighted by Gasteiger charge is -2.23. The van der Waals surface area contributed by atoms with Crippen molar-refractivity contribution in [2.45, 2.75) is 19.5 Å². The molecule has 5 heteroatoms. The Hall–Kier alpha value is -2.66. The zero-order chi connectivity index (χ0) is 17.1. The van der Waals surface area contributed by atoms with Crippen molar-refractivity contribution in [2.24, 2.45) is 0 Å². The van der Waals surface area contributed by atoms with E-state index in [9.17, 15) is 4.79 Å². The summed E-state index contributed by atoms with van der Waals surface area (Å²) in [7, 11) is 3.82. The highest BCUT2D eigenvalue weighted by Crippen LogP contribution is 2.18. The highest BCUT2D eigenvalue weighted by molar-refractivity contribution is 5.83. The lowest BCUT2D eigenvalue weighted by Crippen LogP contribution is -2.36. The summed E-state index contributed by atoms with van der Waals surface area (Å²) in [4.78, 5) is 19.1. The van der Waals surface area contributed by atoms with Crippen molar-refractivity contribution in [3.8, 4) is 0 Å². The molecule has 0 saturated heterocycles. The van der Waals surface area contributed by atoms with E-state index in [4.69, 9.17) is 0 Å². The molecule has 1 aromatic carbocycles. The molecule has 24 heavy (non-hydrogen) atoms. The molecule has 2 heterocycles. The van der Waals surface area contributed by atoms with E-state index in [0.29, 0.717) is 6.54 Å². The SMILES string of the molecule is Cc1ccn2cc(CNC(=O)[C@@H](c3ccccc3)N(C)C)nc2c1. The van der Waals surface area contributed by atoms with E-state index >= 15 is 0 Å². The van der Waals surface area contributed by atoms with Crippen LogP contribution in [0.2, 0.25) is 0 Å². The van der Waals surface area contributed by atoms with Crippen LogP contribution in [0.5, 0.6) is 0 Å². The standard InChI is InChI=1S/C19H22N4O/c1-14-9-10-23-13-16(21-17(23)11-14)12-20-19(24)18(22(2)3)15-7-5-4-6-8-15/h4-11,13,18H,12H2,1-3H3,(H,20,24)/t18-/m1/s1. The molecule has 3 rings (SSSR count). The monoisotopic (exact) mass is 322 g/mol. The molecule has 0 radical (unpaired) electrons. The predicted molar refractivity (Wildman–Crippen MR) is 94.6 cm³/mol. The number of rotatable bonds is 5. The van der Waals surface area contributed by atoms with Crippen molar-refractivity contribution < 1.29 is 4.79 Å². The molecule has 1 amide bonds. The number of amides is 1. The highest BCUT2D eigenvalue weighted by Gasteiger charge is 2.22. The number of nitrogens with zero attached hydrogens (tertiary/aromatic N) is 3. The first kappa shape index (κ1) is 16.2. The number of pyridine rings is 1. The minimum atomic E-state index is -0.314. The van der Waals surface area contributed by atoms with Crippen LogP contribution in [0.1, 0.15) is 22.9 Å². The van der Waals surface area contributed by atoms with Crippen LogP contribution in [0.25, 0.3) is 5.65 Å². The molecule has 1 atom stereocenters. The molecule has 0 fully saturated rings. The Kier molecular flexibility index (Phi) is 4.62. The van der Waals surface area contributed by atoms with Gasteiger partial charge in [-0.15, -0.1) is 0 Å². The van der Waals surface area contributed by atoms with E-state index in [2.05, 4.69) is 10.3 Å². The maximum atomic E-state index is 12.6. The predicted octanol–water partition coefficient (Wildman–Crippen LogP) is 2.56. The van der Waals surface area contributed by atoms with Crippen molar-refractivity contribution in [1.82, 2.24) is 19.6 Å². The summed E-state index contributed by atoms with van der Waals surface area (Å²) in [5, 5.41) is 3.00. The van der Waals surface area contributed by atoms with E-state index in [1.165, 1.54) is 5.56 Å². The molecule has 0 aliphatic carbocycles. The Morgan fingerprint density at radius 2 is 2.00 bits per heavy atom. The van der Waals surface area contributed by atoms with Gasteiger partial charge in [-0.25, -0.2) is 4.98 Å². The van der Waals surface area contributed by atoms with Gasteiger partial charge in [0.05, 0.1) is 12.2 Å². The summed E-state index contributed by atoms with van der Waals surface area (Å²) in [6.45, 7) is 2.45. The normalized spacial score (nSPS) is 12.5. The largest absolute Gasteiger partial charge is 0.349 e. The molecule has 1 N–H and O–H groups in total. The number of aromatic nitrogens is 2. The number of hydrogen-bond acceptors (Lipinski definition) is 3. The third-order valence-corrected chi connectivity index (χ3v) is 3.99. The van der Waals surface area contributed by atoms with Gasteiger partial charge in [-0.05, 0) is 44.3 Å². The second-order valence-electron chi connectivity index (χ2n) is 6.20. The number of nitrogens with one attached hydrogen (secondary N) is 1. The van der Waals surface area contributed by atoms with Gasteiger partial charge in [-0.3, -0.25) is 9.69 Å². The molecule has 3 aromatic rings. The number of carbonyl (C=O) groups excluding carboxylic acids is 1. The van der Waals surface area contributed by atoms with Crippen LogP contribution in [-0.2, 0) is 11.3 Å². The Bertz CT molecular complexity index is 839. The van der Waals surface area contributed by atoms with Gasteiger partial charge in [-0.2, -0.15) is 0 Å². The van der Waals surface area contributed by atoms with Gasteiger partial charge in [0.25, 0.3) is 0 Å². The molecular formula is C19H22N4O. The van der Waals surface area contributed by atoms with Crippen LogP contribution in [0.3, 0.4) is 0 Å². The summed E-state index contributed by atoms with van der Waals surface area (Å²) in [5.41, 5.74) is 3.89. The summed E-state index contributed by atoms with van der Waals surface area (Å²) >= 11 is 0. The maximum absolute atomic E-state index is 12.6. The van der Waals surface area contributed by atoms with E-state index in [0.717, 1.165) is 16.9 Å². The van der Waals surface area contributed by atoms with E-state index in [1.54, 1.807) is 0 Å². The fourth-order valence-corrected chi connectivity index (χ4v) is 2.82. The molecule has 0 aliphatic rings. The molecule has 2 aromatic heterocycles. The van der Waals surface area contributed by atoms with Crippen LogP contribution < -0.4 is 5.32 Å². The minimum Gasteiger partial charge on any atom is -0.349 e. The van der Waals surface area contributed by atoms with Gasteiger partial charge >= 0.3 is 0 Å². The molecule has 5 nitrogen and oxygen atoms in total. The summed E-state index contributed by atoms with van der Waals surface area (Å²) in [6.07, 6.45) is 3.93. The first-order valence-electron chi connectivity index (χ1n) is 7.98. The van der Waals surface area contributed by atoms with Gasteiger partial charge in [0, 0.05) is 12.4 Å². The van der Waals surface area contributed by atoms with Crippen molar-refractivity contribution in [2.75, 3.05) is 14.1 Å². The average molecular weight is 322 g/mol. The third kappa shape index (κ3) is 3.46. The van der Waals surface area contributed by atoms with E-state index in [1.807, 2.05) is 85.2 Å². The molecule has 0 aliphatic heterocycles. The lowest BCUT2D eigenvalue weighted by atomic mass is 10.1. The molecule has 0 spiro atoms. The quantitative estimate of drug-likeness (QED) is 0.785. The summed E-state index contributed by atoms with van der Waals surface area (Å²) < 4.78 is 1.97. The zero-order valence-electron chi connectivity index (χ0n) is 14.2. The maximum Gasteiger partial charge on any atom is 0.242 e. The molecule has 0 unspecified atom stereocenters. The fourth-order valence-electron chi connectivity index (χ4n) is 2.82. The number of likely N-dealkylation sites (N-methyl/N-ethyl adjacent to an activating group) is 1. The summed E-state index contributed by atoms with van der Waals surface area (Å²) in [5.74, 6) is -0.0283. The minimum absolute atomic E-state index is 0.0283. The lowest BCUT2D eigenvalue weighted by molar-refractivity contribution is -0.126. The average Bonchev–Trinajstić information content (AvgIpc) is 2.95. The number of hydrogen-bond donors (Lipinski definition) is 1. The van der Waals surface area contributed by atoms with Crippen LogP contribution in [-0.4, -0.2) is 34.3 Å². The molecular weight excluding hydrogens is 300 g/mol.